The van der Waals surface area contributed by atoms with Crippen LogP contribution in [-0.2, 0) is 11.3 Å². The van der Waals surface area contributed by atoms with Crippen molar-refractivity contribution in [3.8, 4) is 0 Å². The van der Waals surface area contributed by atoms with E-state index in [0.29, 0.717) is 37.5 Å². The second kappa shape index (κ2) is 9.81. The van der Waals surface area contributed by atoms with E-state index in [1.807, 2.05) is 38.1 Å². The standard InChI is InChI=1S/C24H29N5O4/c1-16(2)21(22(30)26-14-17-6-5-13-33-17)27-24(32)29-11-9-28(10-12-29)23(31)19-15-25-20-8-4-3-7-18(19)20/h3-8,13,15-16,21,25H,9-12,14H2,1-2H3,(H,26,30)(H,27,32)/t21-/m0/s1. The van der Waals surface area contributed by atoms with E-state index < -0.39 is 6.04 Å². The second-order valence-electron chi connectivity index (χ2n) is 8.50. The van der Waals surface area contributed by atoms with Crippen molar-refractivity contribution in [1.82, 2.24) is 25.4 Å². The molecule has 1 aliphatic heterocycles. The van der Waals surface area contributed by atoms with Gasteiger partial charge in [0.25, 0.3) is 5.91 Å². The molecule has 33 heavy (non-hydrogen) atoms. The summed E-state index contributed by atoms with van der Waals surface area (Å²) in [7, 11) is 0. The van der Waals surface area contributed by atoms with Crippen LogP contribution in [0.2, 0.25) is 0 Å². The van der Waals surface area contributed by atoms with E-state index in [1.54, 1.807) is 34.4 Å². The van der Waals surface area contributed by atoms with E-state index in [0.717, 1.165) is 10.9 Å². The van der Waals surface area contributed by atoms with E-state index in [9.17, 15) is 14.4 Å². The summed E-state index contributed by atoms with van der Waals surface area (Å²) in [4.78, 5) is 45.0. The van der Waals surface area contributed by atoms with Gasteiger partial charge in [-0.2, -0.15) is 0 Å². The number of aromatic amines is 1. The molecule has 4 amide bonds. The first kappa shape index (κ1) is 22.4. The molecule has 1 fully saturated rings. The summed E-state index contributed by atoms with van der Waals surface area (Å²) in [6, 6.07) is 10.2. The highest BCUT2D eigenvalue weighted by atomic mass is 16.3. The van der Waals surface area contributed by atoms with Crippen molar-refractivity contribution < 1.29 is 18.8 Å². The Hall–Kier alpha value is -3.75. The zero-order chi connectivity index (χ0) is 23.4. The average molecular weight is 452 g/mol. The number of amides is 4. The first-order valence-corrected chi connectivity index (χ1v) is 11.1. The predicted molar refractivity (Wildman–Crippen MR) is 123 cm³/mol. The lowest BCUT2D eigenvalue weighted by atomic mass is 10.0. The van der Waals surface area contributed by atoms with Gasteiger partial charge < -0.3 is 29.8 Å². The third-order valence-corrected chi connectivity index (χ3v) is 5.92. The summed E-state index contributed by atoms with van der Waals surface area (Å²) in [6.45, 7) is 5.70. The smallest absolute Gasteiger partial charge is 0.318 e. The molecule has 0 radical (unpaired) electrons. The van der Waals surface area contributed by atoms with Gasteiger partial charge in [-0.3, -0.25) is 9.59 Å². The third kappa shape index (κ3) is 5.02. The fraction of sp³-hybridized carbons (Fsp3) is 0.375. The summed E-state index contributed by atoms with van der Waals surface area (Å²) in [5.74, 6) is 0.247. The van der Waals surface area contributed by atoms with Gasteiger partial charge in [-0.15, -0.1) is 0 Å². The SMILES string of the molecule is CC(C)[C@H](NC(=O)N1CCN(C(=O)c2c[nH]c3ccccc23)CC1)C(=O)NCc1ccco1. The Morgan fingerprint density at radius 2 is 1.76 bits per heavy atom. The van der Waals surface area contributed by atoms with Crippen molar-refractivity contribution in [2.24, 2.45) is 5.92 Å². The first-order chi connectivity index (χ1) is 15.9. The molecule has 2 aromatic heterocycles. The van der Waals surface area contributed by atoms with Gasteiger partial charge in [0.15, 0.2) is 0 Å². The number of para-hydroxylation sites is 1. The van der Waals surface area contributed by atoms with Crippen LogP contribution in [0.15, 0.2) is 53.3 Å². The average Bonchev–Trinajstić information content (AvgIpc) is 3.50. The number of hydrogen-bond donors (Lipinski definition) is 3. The highest BCUT2D eigenvalue weighted by Gasteiger charge is 2.30. The molecule has 0 spiro atoms. The van der Waals surface area contributed by atoms with Crippen LogP contribution in [0.3, 0.4) is 0 Å². The molecule has 0 unspecified atom stereocenters. The van der Waals surface area contributed by atoms with Crippen LogP contribution in [-0.4, -0.2) is 64.9 Å². The number of furan rings is 1. The number of H-pyrrole nitrogens is 1. The summed E-state index contributed by atoms with van der Waals surface area (Å²) in [5.41, 5.74) is 1.56. The van der Waals surface area contributed by atoms with Crippen molar-refractivity contribution in [3.63, 3.8) is 0 Å². The van der Waals surface area contributed by atoms with E-state index in [1.165, 1.54) is 0 Å². The number of rotatable bonds is 6. The van der Waals surface area contributed by atoms with Gasteiger partial charge in [0.05, 0.1) is 18.4 Å². The Morgan fingerprint density at radius 3 is 2.45 bits per heavy atom. The molecule has 1 saturated heterocycles. The maximum Gasteiger partial charge on any atom is 0.318 e. The third-order valence-electron chi connectivity index (χ3n) is 5.92. The number of nitrogens with zero attached hydrogens (tertiary/aromatic N) is 2. The van der Waals surface area contributed by atoms with Crippen molar-refractivity contribution >= 4 is 28.7 Å². The quantitative estimate of drug-likeness (QED) is 0.535. The molecule has 1 aliphatic rings. The van der Waals surface area contributed by atoms with Crippen LogP contribution >= 0.6 is 0 Å². The highest BCUT2D eigenvalue weighted by molar-refractivity contribution is 6.06. The molecule has 0 saturated carbocycles. The molecule has 4 rings (SSSR count). The number of hydrogen-bond acceptors (Lipinski definition) is 4. The minimum atomic E-state index is -0.668. The van der Waals surface area contributed by atoms with Crippen molar-refractivity contribution in [2.75, 3.05) is 26.2 Å². The van der Waals surface area contributed by atoms with Crippen LogP contribution in [0.4, 0.5) is 4.79 Å². The lowest BCUT2D eigenvalue weighted by Crippen LogP contribution is -2.57. The largest absolute Gasteiger partial charge is 0.467 e. The van der Waals surface area contributed by atoms with Gasteiger partial charge in [0, 0.05) is 43.3 Å². The van der Waals surface area contributed by atoms with Crippen molar-refractivity contribution in [1.29, 1.82) is 0 Å². The van der Waals surface area contributed by atoms with E-state index >= 15 is 0 Å². The Labute approximate surface area is 192 Å². The Morgan fingerprint density at radius 1 is 1.03 bits per heavy atom. The number of carbonyl (C=O) groups is 3. The zero-order valence-corrected chi connectivity index (χ0v) is 18.8. The second-order valence-corrected chi connectivity index (χ2v) is 8.50. The minimum Gasteiger partial charge on any atom is -0.467 e. The minimum absolute atomic E-state index is 0.0510. The lowest BCUT2D eigenvalue weighted by Gasteiger charge is -2.35. The maximum absolute atomic E-state index is 13.0. The number of urea groups is 1. The van der Waals surface area contributed by atoms with E-state index in [-0.39, 0.29) is 30.3 Å². The zero-order valence-electron chi connectivity index (χ0n) is 18.8. The number of fused-ring (bicyclic) bond motifs is 1. The van der Waals surface area contributed by atoms with Crippen LogP contribution in [0.1, 0.15) is 30.0 Å². The van der Waals surface area contributed by atoms with Crippen LogP contribution in [0.5, 0.6) is 0 Å². The van der Waals surface area contributed by atoms with Gasteiger partial charge in [-0.25, -0.2) is 4.79 Å². The molecular weight excluding hydrogens is 422 g/mol. The predicted octanol–water partition coefficient (Wildman–Crippen LogP) is 2.57. The molecule has 0 aliphatic carbocycles. The number of nitrogens with one attached hydrogen (secondary N) is 3. The summed E-state index contributed by atoms with van der Waals surface area (Å²) in [5, 5.41) is 6.54. The maximum atomic E-state index is 13.0. The van der Waals surface area contributed by atoms with E-state index in [4.69, 9.17) is 4.42 Å². The summed E-state index contributed by atoms with van der Waals surface area (Å²) >= 11 is 0. The van der Waals surface area contributed by atoms with Gasteiger partial charge in [-0.05, 0) is 24.1 Å². The van der Waals surface area contributed by atoms with Gasteiger partial charge >= 0.3 is 6.03 Å². The molecule has 3 heterocycles. The van der Waals surface area contributed by atoms with Gasteiger partial charge in [0.1, 0.15) is 11.8 Å². The lowest BCUT2D eigenvalue weighted by molar-refractivity contribution is -0.124. The van der Waals surface area contributed by atoms with Crippen LogP contribution < -0.4 is 10.6 Å². The molecule has 9 heteroatoms. The topological polar surface area (TPSA) is 111 Å². The number of piperazine rings is 1. The monoisotopic (exact) mass is 451 g/mol. The van der Waals surface area contributed by atoms with Gasteiger partial charge in [0.2, 0.25) is 5.91 Å². The number of aromatic nitrogens is 1. The van der Waals surface area contributed by atoms with Crippen LogP contribution in [0, 0.1) is 5.92 Å². The Kier molecular flexibility index (Phi) is 6.67. The van der Waals surface area contributed by atoms with E-state index in [2.05, 4.69) is 15.6 Å². The fourth-order valence-electron chi connectivity index (χ4n) is 3.99. The van der Waals surface area contributed by atoms with Crippen LogP contribution in [0.25, 0.3) is 10.9 Å². The number of benzene rings is 1. The molecule has 3 aromatic rings. The molecular formula is C24H29N5O4. The molecule has 1 atom stereocenters. The van der Waals surface area contributed by atoms with Crippen molar-refractivity contribution in [3.05, 3.63) is 60.2 Å². The normalized spacial score (nSPS) is 15.0. The molecule has 174 valence electrons. The Balaban J connectivity index is 1.31. The fourth-order valence-corrected chi connectivity index (χ4v) is 3.99. The molecule has 0 bridgehead atoms. The van der Waals surface area contributed by atoms with Crippen molar-refractivity contribution in [2.45, 2.75) is 26.4 Å². The molecule has 1 aromatic carbocycles. The summed E-state index contributed by atoms with van der Waals surface area (Å²) < 4.78 is 5.24. The number of carbonyl (C=O) groups excluding carboxylic acids is 3. The molecule has 3 N–H and O–H groups in total. The molecule has 9 nitrogen and oxygen atoms in total. The Bertz CT molecular complexity index is 1110. The summed E-state index contributed by atoms with van der Waals surface area (Å²) in [6.07, 6.45) is 3.28. The highest BCUT2D eigenvalue weighted by Crippen LogP contribution is 2.20. The van der Waals surface area contributed by atoms with Gasteiger partial charge in [-0.1, -0.05) is 32.0 Å². The first-order valence-electron chi connectivity index (χ1n) is 11.1.